The summed E-state index contributed by atoms with van der Waals surface area (Å²) >= 11 is 7.35. The molecule has 1 saturated heterocycles. The molecule has 2 aromatic heterocycles. The van der Waals surface area contributed by atoms with Gasteiger partial charge < -0.3 is 10.1 Å². The second kappa shape index (κ2) is 8.83. The summed E-state index contributed by atoms with van der Waals surface area (Å²) in [4.78, 5) is 31.6. The molecule has 4 rings (SSSR count). The van der Waals surface area contributed by atoms with Crippen LogP contribution < -0.4 is 10.9 Å². The Morgan fingerprint density at radius 3 is 3.03 bits per heavy atom. The molecule has 1 amide bonds. The Kier molecular flexibility index (Phi) is 6.17. The van der Waals surface area contributed by atoms with Crippen molar-refractivity contribution < 1.29 is 13.9 Å². The molecule has 0 spiro atoms. The van der Waals surface area contributed by atoms with Crippen molar-refractivity contribution in [3.8, 4) is 0 Å². The van der Waals surface area contributed by atoms with E-state index in [1.54, 1.807) is 13.0 Å². The van der Waals surface area contributed by atoms with Crippen molar-refractivity contribution in [2.45, 2.75) is 38.8 Å². The first kappa shape index (κ1) is 21.0. The molecule has 3 heterocycles. The Morgan fingerprint density at radius 2 is 2.30 bits per heavy atom. The third-order valence-electron chi connectivity index (χ3n) is 5.23. The molecule has 3 aromatic rings. The average molecular weight is 450 g/mol. The van der Waals surface area contributed by atoms with Gasteiger partial charge in [-0.25, -0.2) is 9.37 Å². The fraction of sp³-hybridized carbons (Fsp3) is 0.381. The molecule has 1 atom stereocenters. The Labute approximate surface area is 181 Å². The highest BCUT2D eigenvalue weighted by Crippen LogP contribution is 2.27. The van der Waals surface area contributed by atoms with Gasteiger partial charge in [0.1, 0.15) is 10.6 Å². The van der Waals surface area contributed by atoms with Crippen LogP contribution in [0.15, 0.2) is 29.3 Å². The van der Waals surface area contributed by atoms with Gasteiger partial charge in [-0.1, -0.05) is 17.7 Å². The maximum absolute atomic E-state index is 13.9. The normalized spacial score (nSPS) is 16.3. The highest BCUT2D eigenvalue weighted by molar-refractivity contribution is 7.19. The highest BCUT2D eigenvalue weighted by atomic mass is 35.5. The van der Waals surface area contributed by atoms with E-state index in [2.05, 4.69) is 10.3 Å². The van der Waals surface area contributed by atoms with Crippen molar-refractivity contribution in [3.05, 3.63) is 61.7 Å². The van der Waals surface area contributed by atoms with Gasteiger partial charge in [-0.3, -0.25) is 14.2 Å². The number of aryl methyl sites for hydroxylation is 1. The zero-order valence-electron chi connectivity index (χ0n) is 16.4. The van der Waals surface area contributed by atoms with E-state index in [0.717, 1.165) is 12.8 Å². The number of carbonyl (C=O) groups excluding carboxylic acids is 1. The number of amides is 1. The summed E-state index contributed by atoms with van der Waals surface area (Å²) in [6, 6.07) is 4.48. The second-order valence-corrected chi connectivity index (χ2v) is 8.87. The van der Waals surface area contributed by atoms with Gasteiger partial charge in [-0.15, -0.1) is 11.3 Å². The third-order valence-corrected chi connectivity index (χ3v) is 6.60. The van der Waals surface area contributed by atoms with Crippen molar-refractivity contribution in [2.24, 2.45) is 0 Å². The van der Waals surface area contributed by atoms with E-state index in [0.29, 0.717) is 44.4 Å². The lowest BCUT2D eigenvalue weighted by molar-refractivity contribution is 0.0955. The minimum absolute atomic E-state index is 0.00974. The number of hydrogen-bond donors (Lipinski definition) is 1. The zero-order chi connectivity index (χ0) is 21.3. The summed E-state index contributed by atoms with van der Waals surface area (Å²) in [5.74, 6) is -0.782. The van der Waals surface area contributed by atoms with E-state index in [9.17, 15) is 14.0 Å². The number of carbonyl (C=O) groups is 1. The Balaban J connectivity index is 1.55. The third kappa shape index (κ3) is 4.12. The number of nitrogens with one attached hydrogen (secondary N) is 1. The van der Waals surface area contributed by atoms with E-state index in [1.807, 2.05) is 0 Å². The minimum Gasteiger partial charge on any atom is -0.376 e. The van der Waals surface area contributed by atoms with Crippen LogP contribution in [0, 0.1) is 12.7 Å². The molecular weight excluding hydrogens is 429 g/mol. The molecule has 0 aliphatic carbocycles. The van der Waals surface area contributed by atoms with Gasteiger partial charge in [0.15, 0.2) is 0 Å². The summed E-state index contributed by atoms with van der Waals surface area (Å²) in [5.41, 5.74) is 0.433. The smallest absolute Gasteiger partial charge is 0.262 e. The van der Waals surface area contributed by atoms with Crippen LogP contribution in [0.1, 0.15) is 33.6 Å². The lowest BCUT2D eigenvalue weighted by Gasteiger charge is -2.11. The van der Waals surface area contributed by atoms with Gasteiger partial charge in [0, 0.05) is 28.6 Å². The van der Waals surface area contributed by atoms with Crippen LogP contribution in [0.5, 0.6) is 0 Å². The van der Waals surface area contributed by atoms with Gasteiger partial charge in [0.2, 0.25) is 0 Å². The molecule has 9 heteroatoms. The largest absolute Gasteiger partial charge is 0.376 e. The number of hydrogen-bond acceptors (Lipinski definition) is 5. The first-order valence-electron chi connectivity index (χ1n) is 9.77. The van der Waals surface area contributed by atoms with Crippen LogP contribution in [0.2, 0.25) is 5.02 Å². The predicted molar refractivity (Wildman–Crippen MR) is 115 cm³/mol. The van der Waals surface area contributed by atoms with Crippen LogP contribution in [0.3, 0.4) is 0 Å². The average Bonchev–Trinajstić information content (AvgIpc) is 3.33. The fourth-order valence-corrected chi connectivity index (χ4v) is 4.94. The first-order valence-corrected chi connectivity index (χ1v) is 11.0. The quantitative estimate of drug-likeness (QED) is 0.622. The van der Waals surface area contributed by atoms with E-state index in [4.69, 9.17) is 16.3 Å². The Bertz CT molecular complexity index is 1130. The van der Waals surface area contributed by atoms with Gasteiger partial charge >= 0.3 is 0 Å². The van der Waals surface area contributed by atoms with Gasteiger partial charge in [-0.05, 0) is 38.3 Å². The second-order valence-electron chi connectivity index (χ2n) is 7.26. The lowest BCUT2D eigenvalue weighted by atomic mass is 10.1. The van der Waals surface area contributed by atoms with Gasteiger partial charge in [0.05, 0.1) is 29.9 Å². The van der Waals surface area contributed by atoms with Crippen LogP contribution >= 0.6 is 22.9 Å². The number of aromatic nitrogens is 2. The molecule has 0 bridgehead atoms. The molecule has 0 unspecified atom stereocenters. The lowest BCUT2D eigenvalue weighted by Crippen LogP contribution is -2.30. The summed E-state index contributed by atoms with van der Waals surface area (Å²) in [7, 11) is 0. The van der Waals surface area contributed by atoms with Crippen molar-refractivity contribution in [1.29, 1.82) is 0 Å². The predicted octanol–water partition coefficient (Wildman–Crippen LogP) is 3.71. The number of halogens is 2. The SMILES string of the molecule is Cc1sc2ncn(C[C@@H]3CCCO3)c(=O)c2c1C(=O)NCCc1c(F)cccc1Cl. The molecule has 30 heavy (non-hydrogen) atoms. The van der Waals surface area contributed by atoms with Crippen LogP contribution in [-0.4, -0.2) is 34.7 Å². The van der Waals surface area contributed by atoms with E-state index in [-0.39, 0.29) is 30.5 Å². The van der Waals surface area contributed by atoms with Crippen LogP contribution in [0.4, 0.5) is 4.39 Å². The molecule has 6 nitrogen and oxygen atoms in total. The van der Waals surface area contributed by atoms with Gasteiger partial charge in [0.25, 0.3) is 11.5 Å². The maximum atomic E-state index is 13.9. The molecule has 0 saturated carbocycles. The molecule has 158 valence electrons. The molecule has 1 aliphatic heterocycles. The van der Waals surface area contributed by atoms with Crippen LogP contribution in [-0.2, 0) is 17.7 Å². The first-order chi connectivity index (χ1) is 14.5. The molecule has 0 radical (unpaired) electrons. The fourth-order valence-electron chi connectivity index (χ4n) is 3.71. The maximum Gasteiger partial charge on any atom is 0.262 e. The Morgan fingerprint density at radius 1 is 1.47 bits per heavy atom. The van der Waals surface area contributed by atoms with Crippen molar-refractivity contribution >= 4 is 39.1 Å². The van der Waals surface area contributed by atoms with E-state index in [1.165, 1.54) is 34.4 Å². The molecule has 1 aromatic carbocycles. The zero-order valence-corrected chi connectivity index (χ0v) is 18.0. The molecule has 1 N–H and O–H groups in total. The molecular formula is C21H21ClFN3O3S. The number of rotatable bonds is 6. The monoisotopic (exact) mass is 449 g/mol. The molecule has 1 aliphatic rings. The summed E-state index contributed by atoms with van der Waals surface area (Å²) in [5, 5.41) is 3.42. The number of fused-ring (bicyclic) bond motifs is 1. The standard InChI is InChI=1S/C21H21ClFN3O3S/c1-12-17(19(27)24-8-7-14-15(22)5-2-6-16(14)23)18-20(30-12)25-11-26(21(18)28)10-13-4-3-9-29-13/h2,5-6,11,13H,3-4,7-10H2,1H3,(H,24,27)/t13-/m0/s1. The summed E-state index contributed by atoms with van der Waals surface area (Å²) in [6.07, 6.45) is 3.64. The van der Waals surface area contributed by atoms with Crippen molar-refractivity contribution in [1.82, 2.24) is 14.9 Å². The molecule has 1 fully saturated rings. The van der Waals surface area contributed by atoms with Crippen molar-refractivity contribution in [2.75, 3.05) is 13.2 Å². The van der Waals surface area contributed by atoms with Gasteiger partial charge in [-0.2, -0.15) is 0 Å². The summed E-state index contributed by atoms with van der Waals surface area (Å²) < 4.78 is 21.1. The van der Waals surface area contributed by atoms with Crippen molar-refractivity contribution in [3.63, 3.8) is 0 Å². The number of thiophene rings is 1. The number of benzene rings is 1. The van der Waals surface area contributed by atoms with E-state index >= 15 is 0 Å². The highest BCUT2D eigenvalue weighted by Gasteiger charge is 2.23. The number of nitrogens with zero attached hydrogens (tertiary/aromatic N) is 2. The van der Waals surface area contributed by atoms with E-state index < -0.39 is 5.82 Å². The van der Waals surface area contributed by atoms with Crippen LogP contribution in [0.25, 0.3) is 10.2 Å². The topological polar surface area (TPSA) is 73.2 Å². The minimum atomic E-state index is -0.407. The number of ether oxygens (including phenoxy) is 1. The summed E-state index contributed by atoms with van der Waals surface area (Å²) in [6.45, 7) is 3.11. The Hall–Kier alpha value is -2.29.